The number of rotatable bonds is 4. The molecule has 2 aromatic rings. The number of carboxylic acid groups (broad SMARTS) is 1. The molecule has 1 saturated carbocycles. The number of aromatic nitrogens is 2. The zero-order chi connectivity index (χ0) is 22.8. The Morgan fingerprint density at radius 3 is 2.27 bits per heavy atom. The molecule has 0 spiro atoms. The lowest BCUT2D eigenvalue weighted by Crippen LogP contribution is -2.44. The molecule has 1 aliphatic carbocycles. The Morgan fingerprint density at radius 2 is 1.58 bits per heavy atom. The summed E-state index contributed by atoms with van der Waals surface area (Å²) in [5.74, 6) is -0.807. The van der Waals surface area contributed by atoms with E-state index in [4.69, 9.17) is 4.98 Å². The van der Waals surface area contributed by atoms with Gasteiger partial charge in [0.25, 0.3) is 5.56 Å². The van der Waals surface area contributed by atoms with Crippen LogP contribution in [0.15, 0.2) is 29.1 Å². The average molecular weight is 453 g/mol. The number of piperidine rings is 1. The lowest BCUT2D eigenvalue weighted by Gasteiger charge is -2.39. The van der Waals surface area contributed by atoms with Crippen LogP contribution in [0.4, 0.5) is 5.82 Å². The molecule has 0 radical (unpaired) electrons. The van der Waals surface area contributed by atoms with Crippen LogP contribution < -0.4 is 10.5 Å². The van der Waals surface area contributed by atoms with Crippen LogP contribution in [0.2, 0.25) is 0 Å². The number of para-hydroxylation sites is 2. The summed E-state index contributed by atoms with van der Waals surface area (Å²) in [6, 6.07) is 8.74. The molecule has 0 amide bonds. The highest BCUT2D eigenvalue weighted by molar-refractivity contribution is 5.77. The Kier molecular flexibility index (Phi) is 6.67. The molecule has 2 aliphatic heterocycles. The Labute approximate surface area is 195 Å². The first-order valence-electron chi connectivity index (χ1n) is 12.8. The van der Waals surface area contributed by atoms with E-state index >= 15 is 0 Å². The van der Waals surface area contributed by atoms with Gasteiger partial charge in [-0.1, -0.05) is 44.2 Å². The number of likely N-dealkylation sites (tertiary alicyclic amines) is 1. The van der Waals surface area contributed by atoms with Gasteiger partial charge < -0.3 is 19.5 Å². The van der Waals surface area contributed by atoms with Crippen LogP contribution in [0.1, 0.15) is 70.3 Å². The summed E-state index contributed by atoms with van der Waals surface area (Å²) in [6.07, 6.45) is 11.9. The summed E-state index contributed by atoms with van der Waals surface area (Å²) >= 11 is 0. The number of carbonyl (C=O) groups is 1. The number of benzene rings is 1. The van der Waals surface area contributed by atoms with Gasteiger partial charge in [-0.05, 0) is 44.2 Å². The number of nitrogens with zero attached hydrogens (tertiary/aromatic N) is 4. The zero-order valence-corrected chi connectivity index (χ0v) is 19.5. The highest BCUT2D eigenvalue weighted by Crippen LogP contribution is 2.30. The summed E-state index contributed by atoms with van der Waals surface area (Å²) in [5, 5.41) is 9.41. The Bertz CT molecular complexity index is 1040. The lowest BCUT2D eigenvalue weighted by atomic mass is 9.93. The van der Waals surface area contributed by atoms with Gasteiger partial charge in [0.1, 0.15) is 0 Å². The van der Waals surface area contributed by atoms with Crippen LogP contribution >= 0.6 is 0 Å². The third-order valence-corrected chi connectivity index (χ3v) is 8.07. The van der Waals surface area contributed by atoms with Crippen molar-refractivity contribution in [1.29, 1.82) is 0 Å². The predicted octanol–water partition coefficient (Wildman–Crippen LogP) is 4.06. The standard InChI is InChI=1S/C26H36N4O3/c31-25-24(29-15-12-19(18-29)26(32)33)27-22-10-6-7-11-23(22)30(25)21-13-16-28(17-14-21)20-8-4-2-1-3-5-9-20/h6-7,10-11,19-21H,1-5,8-9,12-18H2,(H,32,33). The van der Waals surface area contributed by atoms with Crippen molar-refractivity contribution in [2.24, 2.45) is 5.92 Å². The number of anilines is 1. The van der Waals surface area contributed by atoms with E-state index in [2.05, 4.69) is 4.90 Å². The molecule has 3 fully saturated rings. The molecule has 7 heteroatoms. The van der Waals surface area contributed by atoms with Gasteiger partial charge in [0.2, 0.25) is 0 Å². The van der Waals surface area contributed by atoms with Crippen LogP contribution in [0.5, 0.6) is 0 Å². The molecule has 7 nitrogen and oxygen atoms in total. The molecular formula is C26H36N4O3. The maximum atomic E-state index is 13.7. The Morgan fingerprint density at radius 1 is 0.879 bits per heavy atom. The van der Waals surface area contributed by atoms with E-state index < -0.39 is 11.9 Å². The number of hydrogen-bond acceptors (Lipinski definition) is 5. The van der Waals surface area contributed by atoms with Crippen molar-refractivity contribution < 1.29 is 9.90 Å². The van der Waals surface area contributed by atoms with Gasteiger partial charge in [0.05, 0.1) is 17.0 Å². The monoisotopic (exact) mass is 452 g/mol. The van der Waals surface area contributed by atoms with Gasteiger partial charge in [-0.3, -0.25) is 9.59 Å². The van der Waals surface area contributed by atoms with Gasteiger partial charge in [0.15, 0.2) is 5.82 Å². The van der Waals surface area contributed by atoms with Crippen molar-refractivity contribution in [3.8, 4) is 0 Å². The first-order valence-corrected chi connectivity index (χ1v) is 12.8. The molecule has 33 heavy (non-hydrogen) atoms. The average Bonchev–Trinajstić information content (AvgIpc) is 3.29. The normalized spacial score (nSPS) is 24.1. The Hall–Kier alpha value is -2.41. The molecule has 1 N–H and O–H groups in total. The fraction of sp³-hybridized carbons (Fsp3) is 0.654. The highest BCUT2D eigenvalue weighted by Gasteiger charge is 2.33. The lowest BCUT2D eigenvalue weighted by molar-refractivity contribution is -0.140. The van der Waals surface area contributed by atoms with Crippen molar-refractivity contribution >= 4 is 22.8 Å². The first-order chi connectivity index (χ1) is 16.1. The van der Waals surface area contributed by atoms with E-state index in [1.165, 1.54) is 44.9 Å². The maximum Gasteiger partial charge on any atom is 0.308 e. The second kappa shape index (κ2) is 9.84. The second-order valence-electron chi connectivity index (χ2n) is 10.1. The van der Waals surface area contributed by atoms with E-state index in [9.17, 15) is 14.7 Å². The smallest absolute Gasteiger partial charge is 0.308 e. The number of hydrogen-bond donors (Lipinski definition) is 1. The minimum atomic E-state index is -0.791. The minimum absolute atomic E-state index is 0.0656. The minimum Gasteiger partial charge on any atom is -0.481 e. The molecule has 1 aromatic heterocycles. The fourth-order valence-corrected chi connectivity index (χ4v) is 6.17. The number of fused-ring (bicyclic) bond motifs is 1. The summed E-state index contributed by atoms with van der Waals surface area (Å²) in [4.78, 5) is 34.4. The molecule has 0 bridgehead atoms. The van der Waals surface area contributed by atoms with E-state index in [1.54, 1.807) is 0 Å². The van der Waals surface area contributed by atoms with Crippen LogP contribution in [-0.2, 0) is 4.79 Å². The molecule has 5 rings (SSSR count). The van der Waals surface area contributed by atoms with E-state index in [0.29, 0.717) is 31.4 Å². The van der Waals surface area contributed by atoms with Crippen molar-refractivity contribution in [3.63, 3.8) is 0 Å². The first kappa shape index (κ1) is 22.4. The third kappa shape index (κ3) is 4.65. The highest BCUT2D eigenvalue weighted by atomic mass is 16.4. The van der Waals surface area contributed by atoms with E-state index in [1.807, 2.05) is 33.7 Å². The molecule has 3 heterocycles. The topological polar surface area (TPSA) is 78.7 Å². The van der Waals surface area contributed by atoms with Crippen molar-refractivity contribution in [3.05, 3.63) is 34.6 Å². The SMILES string of the molecule is O=C(O)C1CCN(c2nc3ccccc3n(C3CCN(C4CCCCCCC4)CC3)c2=O)C1. The predicted molar refractivity (Wildman–Crippen MR) is 130 cm³/mol. The van der Waals surface area contributed by atoms with E-state index in [-0.39, 0.29) is 11.6 Å². The molecule has 1 aromatic carbocycles. The van der Waals surface area contributed by atoms with Crippen molar-refractivity contribution in [1.82, 2.24) is 14.5 Å². The molecule has 1 unspecified atom stereocenters. The van der Waals surface area contributed by atoms with Crippen molar-refractivity contribution in [2.45, 2.75) is 76.3 Å². The summed E-state index contributed by atoms with van der Waals surface area (Å²) in [6.45, 7) is 3.00. The zero-order valence-electron chi connectivity index (χ0n) is 19.5. The molecule has 2 saturated heterocycles. The quantitative estimate of drug-likeness (QED) is 0.754. The molecule has 178 valence electrons. The third-order valence-electron chi connectivity index (χ3n) is 8.07. The van der Waals surface area contributed by atoms with Gasteiger partial charge in [-0.25, -0.2) is 4.98 Å². The molecule has 3 aliphatic rings. The number of carboxylic acids is 1. The fourth-order valence-electron chi connectivity index (χ4n) is 6.17. The second-order valence-corrected chi connectivity index (χ2v) is 10.1. The van der Waals surface area contributed by atoms with Gasteiger partial charge >= 0.3 is 5.97 Å². The van der Waals surface area contributed by atoms with Crippen molar-refractivity contribution in [2.75, 3.05) is 31.1 Å². The van der Waals surface area contributed by atoms with Crippen LogP contribution in [0.3, 0.4) is 0 Å². The van der Waals surface area contributed by atoms with Gasteiger partial charge in [-0.2, -0.15) is 0 Å². The molecule has 1 atom stereocenters. The van der Waals surface area contributed by atoms with Crippen LogP contribution in [0.25, 0.3) is 11.0 Å². The summed E-state index contributed by atoms with van der Waals surface area (Å²) in [5.41, 5.74) is 1.64. The number of aliphatic carboxylic acids is 1. The van der Waals surface area contributed by atoms with Gasteiger partial charge in [-0.15, -0.1) is 0 Å². The maximum absolute atomic E-state index is 13.7. The summed E-state index contributed by atoms with van der Waals surface area (Å²) in [7, 11) is 0. The van der Waals surface area contributed by atoms with Crippen LogP contribution in [-0.4, -0.2) is 57.7 Å². The molecular weight excluding hydrogens is 416 g/mol. The summed E-state index contributed by atoms with van der Waals surface area (Å²) < 4.78 is 1.97. The van der Waals surface area contributed by atoms with E-state index in [0.717, 1.165) is 37.0 Å². The Balaban J connectivity index is 1.39. The van der Waals surface area contributed by atoms with Crippen LogP contribution in [0, 0.1) is 5.92 Å². The van der Waals surface area contributed by atoms with Gasteiger partial charge in [0, 0.05) is 38.3 Å². The largest absolute Gasteiger partial charge is 0.481 e.